The molecule has 5 aliphatic rings. The molecule has 1 amide bonds. The fraction of sp³-hybridized carbons (Fsp3) is 0.323. The molecule has 0 aliphatic carbocycles. The Labute approximate surface area is 683 Å². The molecule has 2 aromatic heterocycles. The third-order valence-electron chi connectivity index (χ3n) is 21.6. The third-order valence-corrected chi connectivity index (χ3v) is 21.8. The van der Waals surface area contributed by atoms with Crippen LogP contribution >= 0.6 is 15.9 Å². The van der Waals surface area contributed by atoms with Crippen molar-refractivity contribution in [3.05, 3.63) is 309 Å². The molecule has 588 valence electrons. The van der Waals surface area contributed by atoms with E-state index in [1.807, 2.05) is 125 Å². The number of hydrogen-bond acceptors (Lipinski definition) is 16. The fourth-order valence-electron chi connectivity index (χ4n) is 14.6. The van der Waals surface area contributed by atoms with Crippen molar-refractivity contribution in [1.29, 1.82) is 15.8 Å². The standard InChI is InChI=1S/C30H32N4O.C18H16N2O2.C13H20N2.C13H16N2.C11H12N2.C9H11N.C2H2BrN/c1-21-17-28(26-13-6-7-14-27(26)32-21)33-25-12-8-11-23(18-25)29(35)31-20-30(2,3)34-16-15-22-9-4-5-10-24(22)19-34;1-12-10-17(15-8-3-4-9-16(15)19-12)20-14-7-5-6-13(11-14)18(21)22-2;2*1-13(2,10-14)15-8-7-11-5-3-4-6-12(11)9-15;12-6-8-13-7-5-10-3-1-2-4-11(10)9-13;1-2-4-9-7-10-6-5-8(9)3-1;3-1-2-4/h4-14,17-18H,15-16,19-20H2,1-3H3,(H,31,35)(H,32,33);3-11H,1-2H3,(H,19,20);3-6H,7-10,14H2,1-2H3;3-6H,7-9H2,1-2H3;1-4H,5,7-9H2;1-4,10H,5-7H2;1H2. The normalized spacial score (nSPS) is 14.3. The first-order valence-corrected chi connectivity index (χ1v) is 40.5. The highest BCUT2D eigenvalue weighted by Crippen LogP contribution is 2.32. The Morgan fingerprint density at radius 1 is 0.491 bits per heavy atom. The summed E-state index contributed by atoms with van der Waals surface area (Å²) in [7, 11) is 1.38. The summed E-state index contributed by atoms with van der Waals surface area (Å²) in [6, 6.07) is 84.4. The van der Waals surface area contributed by atoms with Crippen molar-refractivity contribution in [3.63, 3.8) is 0 Å². The van der Waals surface area contributed by atoms with E-state index in [0.717, 1.165) is 154 Å². The number of nitrogens with one attached hydrogen (secondary N) is 4. The van der Waals surface area contributed by atoms with E-state index in [2.05, 4.69) is 234 Å². The number of fused-ring (bicyclic) bond motifs is 7. The summed E-state index contributed by atoms with van der Waals surface area (Å²) < 4.78 is 4.75. The number of anilines is 4. The number of carbonyl (C=O) groups is 2. The smallest absolute Gasteiger partial charge is 0.337 e. The van der Waals surface area contributed by atoms with Crippen LogP contribution in [-0.4, -0.2) is 123 Å². The van der Waals surface area contributed by atoms with Crippen molar-refractivity contribution >= 4 is 72.4 Å². The SMILES string of the molecule is CC(C)(C#N)N1CCc2ccccc2C1.CC(C)(CN)N1CCc2ccccc2C1.COC(=O)c1cccc(Nc2cc(C)nc3ccccc23)c1.Cc1cc(Nc2cccc(C(=O)NCC(C)(C)N3CCc4ccccc4C3)c2)c2ccccc2n1.N#CCBr.N#CCN1CCc2ccccc2C1.c1ccc2c(c1)CCNC2. The first kappa shape index (κ1) is 85.5. The van der Waals surface area contributed by atoms with Crippen LogP contribution in [0.25, 0.3) is 21.8 Å². The molecule has 0 atom stereocenters. The number of pyridine rings is 2. The molecule has 5 aliphatic heterocycles. The number of para-hydroxylation sites is 2. The van der Waals surface area contributed by atoms with E-state index in [1.54, 1.807) is 12.1 Å². The number of hydrogen-bond donors (Lipinski definition) is 5. The molecule has 18 heteroatoms. The molecule has 0 saturated carbocycles. The van der Waals surface area contributed by atoms with Gasteiger partial charge < -0.3 is 31.7 Å². The minimum absolute atomic E-state index is 0.0603. The average molecular weight is 1590 g/mol. The number of esters is 1. The Morgan fingerprint density at radius 2 is 0.895 bits per heavy atom. The molecule has 9 aromatic carbocycles. The van der Waals surface area contributed by atoms with Gasteiger partial charge >= 0.3 is 5.97 Å². The van der Waals surface area contributed by atoms with Crippen LogP contribution < -0.4 is 27.0 Å². The monoisotopic (exact) mass is 1580 g/mol. The lowest BCUT2D eigenvalue weighted by atomic mass is 9.94. The Balaban J connectivity index is 0.000000151. The number of alkyl halides is 1. The maximum Gasteiger partial charge on any atom is 0.337 e. The predicted molar refractivity (Wildman–Crippen MR) is 467 cm³/mol. The van der Waals surface area contributed by atoms with Gasteiger partial charge in [0.05, 0.1) is 53.8 Å². The number of halogens is 1. The Bertz CT molecular complexity index is 5150. The van der Waals surface area contributed by atoms with Crippen LogP contribution in [0, 0.1) is 47.8 Å². The highest BCUT2D eigenvalue weighted by atomic mass is 79.9. The largest absolute Gasteiger partial charge is 0.465 e. The van der Waals surface area contributed by atoms with E-state index < -0.39 is 0 Å². The van der Waals surface area contributed by atoms with Gasteiger partial charge in [-0.15, -0.1) is 0 Å². The molecule has 114 heavy (non-hydrogen) atoms. The summed E-state index contributed by atoms with van der Waals surface area (Å²) in [6.07, 6.45) is 5.53. The van der Waals surface area contributed by atoms with Crippen LogP contribution in [-0.2, 0) is 69.6 Å². The maximum atomic E-state index is 13.1. The Kier molecular flexibility index (Phi) is 31.3. The first-order chi connectivity index (χ1) is 55.1. The number of nitrogens with two attached hydrogens (primary N) is 1. The molecular weight excluding hydrogens is 1480 g/mol. The molecule has 0 spiro atoms. The van der Waals surface area contributed by atoms with E-state index in [1.165, 1.54) is 69.2 Å². The van der Waals surface area contributed by atoms with E-state index in [9.17, 15) is 9.59 Å². The van der Waals surface area contributed by atoms with Crippen LogP contribution in [0.15, 0.2) is 231 Å². The van der Waals surface area contributed by atoms with Gasteiger partial charge in [-0.25, -0.2) is 4.79 Å². The van der Waals surface area contributed by atoms with Crippen LogP contribution in [0.5, 0.6) is 0 Å². The number of benzene rings is 9. The first-order valence-electron chi connectivity index (χ1n) is 39.4. The van der Waals surface area contributed by atoms with Gasteiger partial charge in [0.1, 0.15) is 5.54 Å². The fourth-order valence-corrected chi connectivity index (χ4v) is 14.6. The van der Waals surface area contributed by atoms with Gasteiger partial charge in [0.2, 0.25) is 0 Å². The molecule has 0 bridgehead atoms. The number of amides is 1. The van der Waals surface area contributed by atoms with Gasteiger partial charge in [-0.1, -0.05) is 186 Å². The number of aryl methyl sites for hydroxylation is 2. The molecule has 0 saturated heterocycles. The number of methoxy groups -OCH3 is 1. The second kappa shape index (κ2) is 41.7. The molecule has 0 unspecified atom stereocenters. The van der Waals surface area contributed by atoms with Crippen LogP contribution in [0.4, 0.5) is 22.7 Å². The molecule has 7 heterocycles. The summed E-state index contributed by atoms with van der Waals surface area (Å²) in [5, 5.41) is 41.1. The highest BCUT2D eigenvalue weighted by Gasteiger charge is 2.32. The number of nitrogens with zero attached hydrogens (tertiary/aromatic N) is 9. The summed E-state index contributed by atoms with van der Waals surface area (Å²) in [4.78, 5) is 43.2. The van der Waals surface area contributed by atoms with E-state index in [-0.39, 0.29) is 28.5 Å². The van der Waals surface area contributed by atoms with Gasteiger partial charge in [0.15, 0.2) is 0 Å². The van der Waals surface area contributed by atoms with Crippen molar-refractivity contribution in [2.75, 3.05) is 75.4 Å². The lowest BCUT2D eigenvalue weighted by molar-refractivity contribution is 0.0600. The molecule has 16 rings (SSSR count). The average Bonchev–Trinajstić information content (AvgIpc) is 0.822. The second-order valence-corrected chi connectivity index (χ2v) is 31.5. The summed E-state index contributed by atoms with van der Waals surface area (Å²) in [5.41, 5.74) is 28.4. The van der Waals surface area contributed by atoms with Gasteiger partial charge in [0, 0.05) is 134 Å². The van der Waals surface area contributed by atoms with Crippen molar-refractivity contribution in [2.24, 2.45) is 5.73 Å². The molecule has 0 fully saturated rings. The van der Waals surface area contributed by atoms with Crippen LogP contribution in [0.2, 0.25) is 0 Å². The van der Waals surface area contributed by atoms with E-state index in [0.29, 0.717) is 29.5 Å². The highest BCUT2D eigenvalue weighted by molar-refractivity contribution is 9.09. The van der Waals surface area contributed by atoms with E-state index in [4.69, 9.17) is 26.3 Å². The number of rotatable bonds is 13. The zero-order valence-electron chi connectivity index (χ0n) is 67.6. The molecule has 0 radical (unpaired) electrons. The zero-order chi connectivity index (χ0) is 81.0. The van der Waals surface area contributed by atoms with Gasteiger partial charge in [-0.2, -0.15) is 15.8 Å². The van der Waals surface area contributed by atoms with Crippen molar-refractivity contribution in [1.82, 2.24) is 40.2 Å². The van der Waals surface area contributed by atoms with Crippen LogP contribution in [0.3, 0.4) is 0 Å². The van der Waals surface area contributed by atoms with Gasteiger partial charge in [0.25, 0.3) is 5.91 Å². The number of carbonyl (C=O) groups excluding carboxylic acids is 2. The summed E-state index contributed by atoms with van der Waals surface area (Å²) in [6.45, 7) is 28.7. The minimum Gasteiger partial charge on any atom is -0.465 e. The molecular formula is C96H109BrN14O3. The number of aromatic nitrogens is 2. The molecule has 6 N–H and O–H groups in total. The third kappa shape index (κ3) is 24.1. The topological polar surface area (TPSA) is 228 Å². The van der Waals surface area contributed by atoms with Crippen molar-refractivity contribution in [3.8, 4) is 18.2 Å². The Hall–Kier alpha value is -11.0. The van der Waals surface area contributed by atoms with Crippen molar-refractivity contribution < 1.29 is 14.3 Å². The van der Waals surface area contributed by atoms with Crippen LogP contribution in [0.1, 0.15) is 129 Å². The predicted octanol–water partition coefficient (Wildman–Crippen LogP) is 17.9. The number of ether oxygens (including phenoxy) is 1. The summed E-state index contributed by atoms with van der Waals surface area (Å²) >= 11 is 2.89. The van der Waals surface area contributed by atoms with E-state index >= 15 is 0 Å². The zero-order valence-corrected chi connectivity index (χ0v) is 69.2. The minimum atomic E-state index is -0.354. The quantitative estimate of drug-likeness (QED) is 0.0411. The maximum absolute atomic E-state index is 13.1. The lowest BCUT2D eigenvalue weighted by Gasteiger charge is -2.41. The lowest BCUT2D eigenvalue weighted by Crippen LogP contribution is -2.53. The molecule has 11 aromatic rings. The summed E-state index contributed by atoms with van der Waals surface area (Å²) in [5.74, 6) is -0.408. The van der Waals surface area contributed by atoms with Gasteiger partial charge in [-0.3, -0.25) is 34.4 Å². The Morgan fingerprint density at radius 3 is 1.35 bits per heavy atom. The van der Waals surface area contributed by atoms with Gasteiger partial charge in [-0.05, 0) is 210 Å². The molecule has 17 nitrogen and oxygen atoms in total. The second-order valence-electron chi connectivity index (χ2n) is 30.9. The van der Waals surface area contributed by atoms with Crippen molar-refractivity contribution in [2.45, 2.75) is 137 Å². The number of nitriles is 3.